The summed E-state index contributed by atoms with van der Waals surface area (Å²) in [7, 11) is -0.813. The molecule has 4 rings (SSSR count). The zero-order valence-corrected chi connectivity index (χ0v) is 22.3. The van der Waals surface area contributed by atoms with Gasteiger partial charge >= 0.3 is 6.01 Å². The molecule has 1 radical (unpaired) electrons. The number of benzene rings is 2. The van der Waals surface area contributed by atoms with Gasteiger partial charge in [-0.15, -0.1) is 0 Å². The molecule has 0 saturated carbocycles. The number of nitrogens with zero attached hydrogens (tertiary/aromatic N) is 3. The fraction of sp³-hybridized carbons (Fsp3) is 0.308. The van der Waals surface area contributed by atoms with Gasteiger partial charge in [0.15, 0.2) is 0 Å². The molecule has 0 spiro atoms. The highest BCUT2D eigenvalue weighted by Gasteiger charge is 2.30. The van der Waals surface area contributed by atoms with Crippen LogP contribution in [0.1, 0.15) is 31.9 Å². The molecule has 0 aliphatic carbocycles. The van der Waals surface area contributed by atoms with Crippen LogP contribution >= 0.6 is 15.9 Å². The van der Waals surface area contributed by atoms with Crippen LogP contribution in [-0.4, -0.2) is 23.3 Å². The molecule has 171 valence electrons. The molecular weight excluding hydrogens is 494 g/mol. The van der Waals surface area contributed by atoms with E-state index < -0.39 is 8.80 Å². The summed E-state index contributed by atoms with van der Waals surface area (Å²) in [6.07, 6.45) is 0. The molecule has 0 saturated heterocycles. The number of aromatic nitrogens is 3. The SMILES string of the molecule is C[Si](C)c1c(Br)c2nc(OCc3ccccc3)nc(OCc3ccccc3)c2n1C(C)(C)C. The number of rotatable bonds is 7. The summed E-state index contributed by atoms with van der Waals surface area (Å²) in [4.78, 5) is 9.55. The van der Waals surface area contributed by atoms with Crippen LogP contribution in [-0.2, 0) is 18.8 Å². The van der Waals surface area contributed by atoms with E-state index in [1.54, 1.807) is 0 Å². The first-order valence-corrected chi connectivity index (χ1v) is 14.3. The lowest BCUT2D eigenvalue weighted by atomic mass is 10.1. The highest BCUT2D eigenvalue weighted by atomic mass is 79.9. The molecule has 2 aromatic carbocycles. The summed E-state index contributed by atoms with van der Waals surface area (Å²) in [5, 5.41) is 1.27. The molecular formula is C26H29BrN3O2Si. The Hall–Kier alpha value is -2.64. The summed E-state index contributed by atoms with van der Waals surface area (Å²) < 4.78 is 15.7. The molecule has 0 aliphatic heterocycles. The summed E-state index contributed by atoms with van der Waals surface area (Å²) in [5.74, 6) is 0.539. The minimum Gasteiger partial charge on any atom is -0.471 e. The van der Waals surface area contributed by atoms with E-state index in [2.05, 4.69) is 66.5 Å². The van der Waals surface area contributed by atoms with Crippen molar-refractivity contribution in [1.82, 2.24) is 14.5 Å². The van der Waals surface area contributed by atoms with Gasteiger partial charge in [0, 0.05) is 10.9 Å². The molecule has 0 atom stereocenters. The van der Waals surface area contributed by atoms with Gasteiger partial charge in [-0.3, -0.25) is 0 Å². The third-order valence-electron chi connectivity index (χ3n) is 5.27. The molecule has 0 fully saturated rings. The van der Waals surface area contributed by atoms with E-state index in [1.807, 2.05) is 48.5 Å². The smallest absolute Gasteiger partial charge is 0.320 e. The number of halogens is 1. The quantitative estimate of drug-likeness (QED) is 0.276. The molecule has 33 heavy (non-hydrogen) atoms. The van der Waals surface area contributed by atoms with Gasteiger partial charge in [-0.1, -0.05) is 73.8 Å². The van der Waals surface area contributed by atoms with Gasteiger partial charge in [0.05, 0.1) is 4.47 Å². The van der Waals surface area contributed by atoms with Gasteiger partial charge in [-0.2, -0.15) is 9.97 Å². The predicted molar refractivity (Wildman–Crippen MR) is 139 cm³/mol. The van der Waals surface area contributed by atoms with Crippen molar-refractivity contribution in [3.63, 3.8) is 0 Å². The van der Waals surface area contributed by atoms with Gasteiger partial charge in [0.25, 0.3) is 0 Å². The normalized spacial score (nSPS) is 11.8. The summed E-state index contributed by atoms with van der Waals surface area (Å²) in [6.45, 7) is 12.0. The number of hydrogen-bond donors (Lipinski definition) is 0. The Labute approximate surface area is 205 Å². The zero-order chi connectivity index (χ0) is 23.6. The Balaban J connectivity index is 1.83. The summed E-state index contributed by atoms with van der Waals surface area (Å²) in [6, 6.07) is 20.5. The van der Waals surface area contributed by atoms with Gasteiger partial charge in [-0.05, 0) is 47.8 Å². The molecule has 4 aromatic rings. The van der Waals surface area contributed by atoms with Gasteiger partial charge in [0.2, 0.25) is 5.88 Å². The lowest BCUT2D eigenvalue weighted by Gasteiger charge is -2.27. The van der Waals surface area contributed by atoms with Crippen LogP contribution in [0.15, 0.2) is 65.1 Å². The van der Waals surface area contributed by atoms with Crippen LogP contribution in [0.3, 0.4) is 0 Å². The maximum Gasteiger partial charge on any atom is 0.320 e. The van der Waals surface area contributed by atoms with Crippen molar-refractivity contribution in [2.24, 2.45) is 0 Å². The standard InChI is InChI=1S/C26H29BrN3O2Si/c1-26(2,3)30-22-21(20(27)24(30)33(4)5)28-25(32-17-19-14-10-7-11-15-19)29-23(22)31-16-18-12-8-6-9-13-18/h6-15H,16-17H2,1-5H3. The Kier molecular flexibility index (Phi) is 6.90. The van der Waals surface area contributed by atoms with Crippen LogP contribution < -0.4 is 14.8 Å². The van der Waals surface area contributed by atoms with Gasteiger partial charge in [0.1, 0.15) is 33.0 Å². The van der Waals surface area contributed by atoms with E-state index in [0.29, 0.717) is 25.1 Å². The highest BCUT2D eigenvalue weighted by Crippen LogP contribution is 2.35. The van der Waals surface area contributed by atoms with Crippen molar-refractivity contribution in [3.8, 4) is 11.9 Å². The molecule has 0 amide bonds. The van der Waals surface area contributed by atoms with Gasteiger partial charge in [-0.25, -0.2) is 0 Å². The average molecular weight is 524 g/mol. The Morgan fingerprint density at radius 3 is 1.91 bits per heavy atom. The third kappa shape index (κ3) is 5.14. The van der Waals surface area contributed by atoms with Crippen LogP contribution in [0, 0.1) is 0 Å². The highest BCUT2D eigenvalue weighted by molar-refractivity contribution is 9.10. The van der Waals surface area contributed by atoms with Crippen LogP contribution in [0.4, 0.5) is 0 Å². The molecule has 2 heterocycles. The second-order valence-corrected chi connectivity index (χ2v) is 12.5. The van der Waals surface area contributed by atoms with E-state index in [0.717, 1.165) is 26.6 Å². The minimum atomic E-state index is -0.813. The second-order valence-electron chi connectivity index (χ2n) is 9.23. The molecule has 0 aliphatic rings. The fourth-order valence-corrected chi connectivity index (χ4v) is 6.91. The Morgan fingerprint density at radius 1 is 0.848 bits per heavy atom. The van der Waals surface area contributed by atoms with Crippen molar-refractivity contribution < 1.29 is 9.47 Å². The van der Waals surface area contributed by atoms with E-state index in [-0.39, 0.29) is 5.54 Å². The molecule has 2 aromatic heterocycles. The fourth-order valence-electron chi connectivity index (χ4n) is 3.82. The topological polar surface area (TPSA) is 49.2 Å². The lowest BCUT2D eigenvalue weighted by molar-refractivity contribution is 0.260. The van der Waals surface area contributed by atoms with Crippen molar-refractivity contribution in [2.45, 2.75) is 52.6 Å². The molecule has 0 bridgehead atoms. The monoisotopic (exact) mass is 522 g/mol. The van der Waals surface area contributed by atoms with E-state index in [1.165, 1.54) is 5.32 Å². The maximum absolute atomic E-state index is 6.32. The number of fused-ring (bicyclic) bond motifs is 1. The Bertz CT molecular complexity index is 1240. The minimum absolute atomic E-state index is 0.165. The maximum atomic E-state index is 6.32. The van der Waals surface area contributed by atoms with Crippen LogP contribution in [0.5, 0.6) is 11.9 Å². The van der Waals surface area contributed by atoms with E-state index >= 15 is 0 Å². The molecule has 7 heteroatoms. The van der Waals surface area contributed by atoms with Crippen molar-refractivity contribution in [3.05, 3.63) is 76.3 Å². The molecule has 5 nitrogen and oxygen atoms in total. The van der Waals surface area contributed by atoms with Crippen molar-refractivity contribution in [1.29, 1.82) is 0 Å². The number of ether oxygens (including phenoxy) is 2. The van der Waals surface area contributed by atoms with Gasteiger partial charge < -0.3 is 14.0 Å². The van der Waals surface area contributed by atoms with E-state index in [9.17, 15) is 0 Å². The Morgan fingerprint density at radius 2 is 1.39 bits per heavy atom. The van der Waals surface area contributed by atoms with Crippen LogP contribution in [0.25, 0.3) is 11.0 Å². The first-order valence-electron chi connectivity index (χ1n) is 11.0. The third-order valence-corrected chi connectivity index (χ3v) is 7.81. The summed E-state index contributed by atoms with van der Waals surface area (Å²) >= 11 is 3.86. The predicted octanol–water partition coefficient (Wildman–Crippen LogP) is 6.07. The van der Waals surface area contributed by atoms with Crippen molar-refractivity contribution in [2.75, 3.05) is 0 Å². The van der Waals surface area contributed by atoms with Crippen LogP contribution in [0.2, 0.25) is 13.1 Å². The lowest BCUT2D eigenvalue weighted by Crippen LogP contribution is -2.39. The zero-order valence-electron chi connectivity index (χ0n) is 19.7. The number of hydrogen-bond acceptors (Lipinski definition) is 4. The average Bonchev–Trinajstić information content (AvgIpc) is 3.11. The summed E-state index contributed by atoms with van der Waals surface area (Å²) in [5.41, 5.74) is 3.71. The molecule has 0 N–H and O–H groups in total. The molecule has 0 unspecified atom stereocenters. The second kappa shape index (κ2) is 9.69. The first kappa shape index (κ1) is 23.5. The largest absolute Gasteiger partial charge is 0.471 e. The first-order chi connectivity index (χ1) is 15.8. The van der Waals surface area contributed by atoms with Crippen molar-refractivity contribution >= 4 is 41.1 Å². The van der Waals surface area contributed by atoms with E-state index in [4.69, 9.17) is 19.4 Å².